The molecule has 7 heteroatoms. The Bertz CT molecular complexity index is 971. The Morgan fingerprint density at radius 1 is 1.00 bits per heavy atom. The van der Waals surface area contributed by atoms with Gasteiger partial charge in [-0.1, -0.05) is 61.9 Å². The highest BCUT2D eigenvalue weighted by Gasteiger charge is 2.36. The summed E-state index contributed by atoms with van der Waals surface area (Å²) in [6, 6.07) is 14.4. The number of hydrogen-bond acceptors (Lipinski definition) is 4. The first-order valence-corrected chi connectivity index (χ1v) is 11.1. The molecule has 2 aromatic carbocycles. The van der Waals surface area contributed by atoms with E-state index < -0.39 is 30.1 Å². The monoisotopic (exact) mass is 436 g/mol. The van der Waals surface area contributed by atoms with E-state index in [0.29, 0.717) is 0 Å². The minimum atomic E-state index is -1.09. The van der Waals surface area contributed by atoms with Gasteiger partial charge in [-0.15, -0.1) is 0 Å². The summed E-state index contributed by atoms with van der Waals surface area (Å²) < 4.78 is 5.57. The van der Waals surface area contributed by atoms with Gasteiger partial charge in [0.25, 0.3) is 0 Å². The molecule has 32 heavy (non-hydrogen) atoms. The molecule has 1 fully saturated rings. The van der Waals surface area contributed by atoms with Crippen LogP contribution in [0, 0.1) is 5.92 Å². The number of carboxylic acids is 1. The summed E-state index contributed by atoms with van der Waals surface area (Å²) in [5.74, 6) is -1.64. The molecule has 0 aliphatic heterocycles. The molecule has 4 rings (SSSR count). The molecule has 0 saturated heterocycles. The maximum atomic E-state index is 12.7. The molecule has 0 heterocycles. The summed E-state index contributed by atoms with van der Waals surface area (Å²) >= 11 is 0. The topological polar surface area (TPSA) is 105 Å². The Morgan fingerprint density at radius 3 is 2.09 bits per heavy atom. The Kier molecular flexibility index (Phi) is 6.44. The second-order valence-corrected chi connectivity index (χ2v) is 8.45. The van der Waals surface area contributed by atoms with Crippen LogP contribution in [0.5, 0.6) is 0 Å². The third-order valence-corrected chi connectivity index (χ3v) is 6.54. The second kappa shape index (κ2) is 9.42. The standard InChI is InChI=1S/C25H28N2O5/c1-2-21(24(29)30)26-23(28)22(15-8-7-9-15)27-25(31)32-14-20-18-12-5-3-10-16(18)17-11-4-6-13-19(17)20/h3-6,10-13,15,20-22H,2,7-9,14H2,1H3,(H,26,28)(H,27,31)(H,29,30)/t21-,22?/m1/s1. The maximum Gasteiger partial charge on any atom is 0.407 e. The number of nitrogens with one attached hydrogen (secondary N) is 2. The minimum absolute atomic E-state index is 0.0122. The third kappa shape index (κ3) is 4.33. The van der Waals surface area contributed by atoms with Gasteiger partial charge in [0, 0.05) is 5.92 Å². The van der Waals surface area contributed by atoms with Crippen LogP contribution in [-0.4, -0.2) is 41.8 Å². The molecule has 2 aromatic rings. The number of carbonyl (C=O) groups excluding carboxylic acids is 2. The molecule has 168 valence electrons. The van der Waals surface area contributed by atoms with Crippen LogP contribution >= 0.6 is 0 Å². The van der Waals surface area contributed by atoms with Gasteiger partial charge in [0.05, 0.1) is 0 Å². The first kappa shape index (κ1) is 21.9. The van der Waals surface area contributed by atoms with Crippen LogP contribution in [0.15, 0.2) is 48.5 Å². The highest BCUT2D eigenvalue weighted by atomic mass is 16.5. The van der Waals surface area contributed by atoms with Gasteiger partial charge < -0.3 is 20.5 Å². The fraction of sp³-hybridized carbons (Fsp3) is 0.400. The molecule has 0 bridgehead atoms. The lowest BCUT2D eigenvalue weighted by atomic mass is 9.79. The van der Waals surface area contributed by atoms with Crippen molar-refractivity contribution in [3.63, 3.8) is 0 Å². The van der Waals surface area contributed by atoms with Crippen LogP contribution < -0.4 is 10.6 Å². The molecule has 2 aliphatic rings. The number of aliphatic carboxylic acids is 1. The quantitative estimate of drug-likeness (QED) is 0.586. The van der Waals surface area contributed by atoms with Gasteiger partial charge in [0.1, 0.15) is 18.7 Å². The zero-order valence-corrected chi connectivity index (χ0v) is 18.0. The summed E-state index contributed by atoms with van der Waals surface area (Å²) in [5, 5.41) is 14.5. The molecule has 0 spiro atoms. The summed E-state index contributed by atoms with van der Waals surface area (Å²) in [5.41, 5.74) is 4.51. The van der Waals surface area contributed by atoms with Crippen LogP contribution in [0.3, 0.4) is 0 Å². The molecule has 2 amide bonds. The van der Waals surface area contributed by atoms with E-state index in [9.17, 15) is 19.5 Å². The van der Waals surface area contributed by atoms with Crippen molar-refractivity contribution in [3.8, 4) is 11.1 Å². The lowest BCUT2D eigenvalue weighted by Gasteiger charge is -2.33. The lowest BCUT2D eigenvalue weighted by molar-refractivity contribution is -0.142. The number of ether oxygens (including phenoxy) is 1. The summed E-state index contributed by atoms with van der Waals surface area (Å²) in [4.78, 5) is 36.7. The summed E-state index contributed by atoms with van der Waals surface area (Å²) in [7, 11) is 0. The number of benzene rings is 2. The van der Waals surface area contributed by atoms with E-state index in [2.05, 4.69) is 22.8 Å². The van der Waals surface area contributed by atoms with Crippen LogP contribution in [0.2, 0.25) is 0 Å². The second-order valence-electron chi connectivity index (χ2n) is 8.45. The summed E-state index contributed by atoms with van der Waals surface area (Å²) in [6.45, 7) is 1.85. The molecule has 1 unspecified atom stereocenters. The number of hydrogen-bond donors (Lipinski definition) is 3. The Hall–Kier alpha value is -3.35. The van der Waals surface area contributed by atoms with Crippen LogP contribution in [-0.2, 0) is 14.3 Å². The fourth-order valence-electron chi connectivity index (χ4n) is 4.54. The predicted octanol–water partition coefficient (Wildman–Crippen LogP) is 3.67. The zero-order valence-electron chi connectivity index (χ0n) is 18.0. The van der Waals surface area contributed by atoms with E-state index in [1.54, 1.807) is 6.92 Å². The highest BCUT2D eigenvalue weighted by molar-refractivity contribution is 5.89. The van der Waals surface area contributed by atoms with E-state index in [4.69, 9.17) is 4.74 Å². The lowest BCUT2D eigenvalue weighted by Crippen LogP contribution is -2.55. The maximum absolute atomic E-state index is 12.7. The minimum Gasteiger partial charge on any atom is -0.480 e. The van der Waals surface area contributed by atoms with Gasteiger partial charge in [0.15, 0.2) is 0 Å². The van der Waals surface area contributed by atoms with Crippen molar-refractivity contribution in [2.75, 3.05) is 6.61 Å². The first-order valence-electron chi connectivity index (χ1n) is 11.1. The van der Waals surface area contributed by atoms with Crippen LogP contribution in [0.1, 0.15) is 49.7 Å². The van der Waals surface area contributed by atoms with Crippen molar-refractivity contribution in [1.29, 1.82) is 0 Å². The smallest absolute Gasteiger partial charge is 0.407 e. The molecule has 3 N–H and O–H groups in total. The van der Waals surface area contributed by atoms with Crippen molar-refractivity contribution in [2.24, 2.45) is 5.92 Å². The average Bonchev–Trinajstić information content (AvgIpc) is 3.07. The molecule has 7 nitrogen and oxygen atoms in total. The first-order chi connectivity index (χ1) is 15.5. The van der Waals surface area contributed by atoms with Gasteiger partial charge in [-0.2, -0.15) is 0 Å². The van der Waals surface area contributed by atoms with E-state index in [1.807, 2.05) is 36.4 Å². The van der Waals surface area contributed by atoms with Crippen molar-refractivity contribution in [3.05, 3.63) is 59.7 Å². The number of fused-ring (bicyclic) bond motifs is 3. The van der Waals surface area contributed by atoms with E-state index in [0.717, 1.165) is 41.5 Å². The van der Waals surface area contributed by atoms with Crippen molar-refractivity contribution >= 4 is 18.0 Å². The molecular weight excluding hydrogens is 408 g/mol. The number of amides is 2. The van der Waals surface area contributed by atoms with E-state index in [-0.39, 0.29) is 24.9 Å². The fourth-order valence-corrected chi connectivity index (χ4v) is 4.54. The van der Waals surface area contributed by atoms with E-state index in [1.165, 1.54) is 0 Å². The molecule has 2 aliphatic carbocycles. The number of alkyl carbamates (subject to hydrolysis) is 1. The van der Waals surface area contributed by atoms with Crippen molar-refractivity contribution in [1.82, 2.24) is 10.6 Å². The molecule has 0 radical (unpaired) electrons. The number of rotatable bonds is 8. The number of carboxylic acid groups (broad SMARTS) is 1. The largest absolute Gasteiger partial charge is 0.480 e. The summed E-state index contributed by atoms with van der Waals surface area (Å²) in [6.07, 6.45) is 2.21. The van der Waals surface area contributed by atoms with Gasteiger partial charge in [-0.05, 0) is 47.4 Å². The van der Waals surface area contributed by atoms with Gasteiger partial charge in [-0.3, -0.25) is 4.79 Å². The molecular formula is C25H28N2O5. The average molecular weight is 437 g/mol. The van der Waals surface area contributed by atoms with Gasteiger partial charge in [0.2, 0.25) is 5.91 Å². The normalized spacial score (nSPS) is 16.8. The van der Waals surface area contributed by atoms with Gasteiger partial charge >= 0.3 is 12.1 Å². The van der Waals surface area contributed by atoms with E-state index >= 15 is 0 Å². The molecule has 0 aromatic heterocycles. The van der Waals surface area contributed by atoms with Crippen molar-refractivity contribution in [2.45, 2.75) is 50.6 Å². The zero-order chi connectivity index (χ0) is 22.7. The molecule has 2 atom stereocenters. The highest BCUT2D eigenvalue weighted by Crippen LogP contribution is 2.44. The Labute approximate surface area is 187 Å². The van der Waals surface area contributed by atoms with Crippen molar-refractivity contribution < 1.29 is 24.2 Å². The molecule has 1 saturated carbocycles. The van der Waals surface area contributed by atoms with Crippen LogP contribution in [0.4, 0.5) is 4.79 Å². The number of carbonyl (C=O) groups is 3. The van der Waals surface area contributed by atoms with Gasteiger partial charge in [-0.25, -0.2) is 9.59 Å². The Morgan fingerprint density at radius 2 is 1.59 bits per heavy atom. The van der Waals surface area contributed by atoms with Crippen LogP contribution in [0.25, 0.3) is 11.1 Å². The SMILES string of the molecule is CC[C@@H](NC(=O)C(NC(=O)OCC1c2ccccc2-c2ccccc21)C1CCC1)C(=O)O. The third-order valence-electron chi connectivity index (χ3n) is 6.54. The predicted molar refractivity (Wildman–Crippen MR) is 119 cm³/mol. The Balaban J connectivity index is 1.42.